The first-order valence-electron chi connectivity index (χ1n) is 8.86. The average Bonchev–Trinajstić information content (AvgIpc) is 3.04. The van der Waals surface area contributed by atoms with E-state index in [-0.39, 0.29) is 0 Å². The Balaban J connectivity index is 1.50. The van der Waals surface area contributed by atoms with Crippen LogP contribution in [-0.4, -0.2) is 18.1 Å². The van der Waals surface area contributed by atoms with Crippen LogP contribution in [-0.2, 0) is 13.0 Å². The largest absolute Gasteiger partial charge is 0.489 e. The highest BCUT2D eigenvalue weighted by atomic mass is 16.5. The molecule has 1 aliphatic rings. The Morgan fingerprint density at radius 1 is 1.00 bits per heavy atom. The van der Waals surface area contributed by atoms with Crippen LogP contribution in [0.15, 0.2) is 54.7 Å². The maximum atomic E-state index is 5.99. The monoisotopic (exact) mass is 320 g/mol. The van der Waals surface area contributed by atoms with Crippen molar-refractivity contribution < 1.29 is 4.74 Å². The number of aromatic nitrogens is 1. The third kappa shape index (κ3) is 3.46. The number of nitrogens with one attached hydrogen (secondary N) is 2. The van der Waals surface area contributed by atoms with Crippen LogP contribution >= 0.6 is 0 Å². The van der Waals surface area contributed by atoms with Gasteiger partial charge < -0.3 is 15.0 Å². The first kappa shape index (κ1) is 15.3. The van der Waals surface area contributed by atoms with Gasteiger partial charge in [0.1, 0.15) is 12.4 Å². The van der Waals surface area contributed by atoms with E-state index < -0.39 is 0 Å². The fourth-order valence-corrected chi connectivity index (χ4v) is 3.55. The predicted molar refractivity (Wildman–Crippen MR) is 98.4 cm³/mol. The molecule has 0 aliphatic carbocycles. The van der Waals surface area contributed by atoms with Crippen molar-refractivity contribution >= 4 is 10.9 Å². The van der Waals surface area contributed by atoms with Crippen molar-refractivity contribution in [3.05, 3.63) is 65.9 Å². The standard InChI is InChI=1S/C21H24N2O/c1-2-4-17(5-3-1)15-24-19-6-7-21-20(13-19)18(14-23-21)12-16-8-10-22-11-9-16/h1-7,13-14,16,22-23H,8-12,15H2. The van der Waals surface area contributed by atoms with Crippen molar-refractivity contribution in [1.29, 1.82) is 0 Å². The van der Waals surface area contributed by atoms with Crippen molar-refractivity contribution in [1.82, 2.24) is 10.3 Å². The van der Waals surface area contributed by atoms with Crippen LogP contribution < -0.4 is 10.1 Å². The number of aromatic amines is 1. The van der Waals surface area contributed by atoms with Crippen molar-refractivity contribution in [2.45, 2.75) is 25.9 Å². The van der Waals surface area contributed by atoms with Gasteiger partial charge in [-0.15, -0.1) is 0 Å². The molecule has 2 heterocycles. The average molecular weight is 320 g/mol. The highest BCUT2D eigenvalue weighted by Gasteiger charge is 2.15. The topological polar surface area (TPSA) is 37.0 Å². The zero-order valence-corrected chi connectivity index (χ0v) is 13.9. The molecule has 3 heteroatoms. The maximum Gasteiger partial charge on any atom is 0.120 e. The Morgan fingerprint density at radius 3 is 2.67 bits per heavy atom. The van der Waals surface area contributed by atoms with Crippen LogP contribution in [0.5, 0.6) is 5.75 Å². The van der Waals surface area contributed by atoms with Crippen LogP contribution in [0, 0.1) is 5.92 Å². The number of rotatable bonds is 5. The molecule has 124 valence electrons. The molecule has 0 amide bonds. The Morgan fingerprint density at radius 2 is 1.83 bits per heavy atom. The Labute approximate surface area is 143 Å². The van der Waals surface area contributed by atoms with E-state index in [1.165, 1.54) is 34.9 Å². The van der Waals surface area contributed by atoms with Crippen LogP contribution in [0.2, 0.25) is 0 Å². The normalized spacial score (nSPS) is 15.7. The smallest absolute Gasteiger partial charge is 0.120 e. The quantitative estimate of drug-likeness (QED) is 0.736. The van der Waals surface area contributed by atoms with Gasteiger partial charge in [-0.05, 0) is 67.6 Å². The first-order chi connectivity index (χ1) is 11.9. The summed E-state index contributed by atoms with van der Waals surface area (Å²) < 4.78 is 5.99. The number of benzene rings is 2. The van der Waals surface area contributed by atoms with E-state index in [4.69, 9.17) is 4.74 Å². The minimum absolute atomic E-state index is 0.612. The van der Waals surface area contributed by atoms with Gasteiger partial charge >= 0.3 is 0 Å². The molecule has 0 atom stereocenters. The van der Waals surface area contributed by atoms with Crippen molar-refractivity contribution in [3.63, 3.8) is 0 Å². The molecule has 0 saturated carbocycles. The Kier molecular flexibility index (Phi) is 4.52. The van der Waals surface area contributed by atoms with Crippen LogP contribution in [0.25, 0.3) is 10.9 Å². The van der Waals surface area contributed by atoms with Gasteiger partial charge in [-0.2, -0.15) is 0 Å². The lowest BCUT2D eigenvalue weighted by Gasteiger charge is -2.22. The van der Waals surface area contributed by atoms with Crippen LogP contribution in [0.3, 0.4) is 0 Å². The molecule has 1 aromatic heterocycles. The van der Waals surface area contributed by atoms with Gasteiger partial charge in [0.2, 0.25) is 0 Å². The zero-order valence-electron chi connectivity index (χ0n) is 13.9. The minimum Gasteiger partial charge on any atom is -0.489 e. The number of H-pyrrole nitrogens is 1. The molecule has 2 N–H and O–H groups in total. The molecule has 3 aromatic rings. The molecule has 24 heavy (non-hydrogen) atoms. The van der Waals surface area contributed by atoms with E-state index in [9.17, 15) is 0 Å². The van der Waals surface area contributed by atoms with Crippen LogP contribution in [0.1, 0.15) is 24.0 Å². The number of piperidine rings is 1. The zero-order chi connectivity index (χ0) is 16.2. The van der Waals surface area contributed by atoms with Gasteiger partial charge in [-0.25, -0.2) is 0 Å². The van der Waals surface area contributed by atoms with Crippen LogP contribution in [0.4, 0.5) is 0 Å². The van der Waals surface area contributed by atoms with Crippen molar-refractivity contribution in [2.24, 2.45) is 5.92 Å². The van der Waals surface area contributed by atoms with E-state index in [1.807, 2.05) is 18.2 Å². The Bertz CT molecular complexity index is 788. The molecule has 2 aromatic carbocycles. The summed E-state index contributed by atoms with van der Waals surface area (Å²) in [6.07, 6.45) is 5.88. The first-order valence-corrected chi connectivity index (χ1v) is 8.86. The van der Waals surface area contributed by atoms with Crippen molar-refractivity contribution in [2.75, 3.05) is 13.1 Å². The summed E-state index contributed by atoms with van der Waals surface area (Å²) in [7, 11) is 0. The summed E-state index contributed by atoms with van der Waals surface area (Å²) in [5, 5.41) is 4.75. The van der Waals surface area contributed by atoms with Gasteiger partial charge in [-0.1, -0.05) is 30.3 Å². The SMILES string of the molecule is c1ccc(COc2ccc3[nH]cc(CC4CCNCC4)c3c2)cc1. The van der Waals surface area contributed by atoms with Gasteiger partial charge in [0.15, 0.2) is 0 Å². The lowest BCUT2D eigenvalue weighted by atomic mass is 9.91. The highest BCUT2D eigenvalue weighted by Crippen LogP contribution is 2.28. The number of hydrogen-bond acceptors (Lipinski definition) is 2. The summed E-state index contributed by atoms with van der Waals surface area (Å²) in [5.74, 6) is 1.73. The summed E-state index contributed by atoms with van der Waals surface area (Å²) in [5.41, 5.74) is 3.81. The third-order valence-electron chi connectivity index (χ3n) is 4.95. The molecule has 1 fully saturated rings. The molecule has 0 bridgehead atoms. The van der Waals surface area contributed by atoms with Gasteiger partial charge in [-0.3, -0.25) is 0 Å². The summed E-state index contributed by atoms with van der Waals surface area (Å²) in [6, 6.07) is 16.7. The third-order valence-corrected chi connectivity index (χ3v) is 4.95. The molecule has 1 aliphatic heterocycles. The van der Waals surface area contributed by atoms with Gasteiger partial charge in [0, 0.05) is 17.1 Å². The second kappa shape index (κ2) is 7.10. The molecule has 0 spiro atoms. The predicted octanol–water partition coefficient (Wildman–Crippen LogP) is 4.29. The fourth-order valence-electron chi connectivity index (χ4n) is 3.55. The molecule has 0 radical (unpaired) electrons. The minimum atomic E-state index is 0.612. The Hall–Kier alpha value is -2.26. The lowest BCUT2D eigenvalue weighted by molar-refractivity contribution is 0.306. The van der Waals surface area contributed by atoms with E-state index >= 15 is 0 Å². The highest BCUT2D eigenvalue weighted by molar-refractivity contribution is 5.84. The van der Waals surface area contributed by atoms with E-state index in [0.29, 0.717) is 6.61 Å². The number of fused-ring (bicyclic) bond motifs is 1. The van der Waals surface area contributed by atoms with E-state index in [2.05, 4.69) is 46.8 Å². The molecule has 4 rings (SSSR count). The fraction of sp³-hybridized carbons (Fsp3) is 0.333. The number of ether oxygens (including phenoxy) is 1. The second-order valence-corrected chi connectivity index (χ2v) is 6.69. The van der Waals surface area contributed by atoms with E-state index in [0.717, 1.165) is 31.2 Å². The lowest BCUT2D eigenvalue weighted by Crippen LogP contribution is -2.28. The maximum absolute atomic E-state index is 5.99. The summed E-state index contributed by atoms with van der Waals surface area (Å²) in [6.45, 7) is 2.91. The summed E-state index contributed by atoms with van der Waals surface area (Å²) in [4.78, 5) is 3.41. The molecule has 0 unspecified atom stereocenters. The molecular weight excluding hydrogens is 296 g/mol. The van der Waals surface area contributed by atoms with Gasteiger partial charge in [0.25, 0.3) is 0 Å². The number of hydrogen-bond donors (Lipinski definition) is 2. The molecule has 1 saturated heterocycles. The summed E-state index contributed by atoms with van der Waals surface area (Å²) >= 11 is 0. The molecular formula is C21H24N2O. The molecule has 3 nitrogen and oxygen atoms in total. The van der Waals surface area contributed by atoms with Gasteiger partial charge in [0.05, 0.1) is 0 Å². The second-order valence-electron chi connectivity index (χ2n) is 6.69. The van der Waals surface area contributed by atoms with Crippen molar-refractivity contribution in [3.8, 4) is 5.75 Å². The van der Waals surface area contributed by atoms with E-state index in [1.54, 1.807) is 0 Å².